The fraction of sp³-hybridized carbons (Fsp3) is 0.444. The third kappa shape index (κ3) is 4.81. The number of hydrogen-bond donors (Lipinski definition) is 2. The van der Waals surface area contributed by atoms with Crippen LogP contribution in [0.5, 0.6) is 0 Å². The van der Waals surface area contributed by atoms with Crippen LogP contribution in [0.25, 0.3) is 0 Å². The summed E-state index contributed by atoms with van der Waals surface area (Å²) in [5.41, 5.74) is 1.84. The van der Waals surface area contributed by atoms with Crippen molar-refractivity contribution in [1.29, 1.82) is 0 Å². The van der Waals surface area contributed by atoms with Gasteiger partial charge in [0.05, 0.1) is 12.5 Å². The zero-order chi connectivity index (χ0) is 19.1. The molecule has 0 bridgehead atoms. The van der Waals surface area contributed by atoms with Crippen LogP contribution < -0.4 is 15.5 Å². The zero-order valence-corrected chi connectivity index (χ0v) is 14.9. The first-order valence-corrected chi connectivity index (χ1v) is 8.48. The van der Waals surface area contributed by atoms with Crippen LogP contribution in [0.3, 0.4) is 0 Å². The largest absolute Gasteiger partial charge is 0.455 e. The van der Waals surface area contributed by atoms with E-state index in [4.69, 9.17) is 4.74 Å². The van der Waals surface area contributed by atoms with E-state index >= 15 is 0 Å². The molecule has 26 heavy (non-hydrogen) atoms. The number of para-hydroxylation sites is 1. The molecule has 1 heterocycles. The van der Waals surface area contributed by atoms with Crippen molar-refractivity contribution in [3.05, 3.63) is 29.8 Å². The Morgan fingerprint density at radius 1 is 1.23 bits per heavy atom. The van der Waals surface area contributed by atoms with E-state index in [1.807, 2.05) is 31.2 Å². The van der Waals surface area contributed by atoms with Gasteiger partial charge in [0.15, 0.2) is 6.61 Å². The Balaban J connectivity index is 1.88. The van der Waals surface area contributed by atoms with Crippen molar-refractivity contribution < 1.29 is 23.9 Å². The third-order valence-corrected chi connectivity index (χ3v) is 4.19. The summed E-state index contributed by atoms with van der Waals surface area (Å²) in [6.07, 6.45) is 0.831. The van der Waals surface area contributed by atoms with Crippen LogP contribution in [0.4, 0.5) is 5.69 Å². The molecule has 0 aliphatic carbocycles. The van der Waals surface area contributed by atoms with Crippen molar-refractivity contribution >= 4 is 29.4 Å². The molecule has 1 fully saturated rings. The van der Waals surface area contributed by atoms with Crippen LogP contribution in [0, 0.1) is 5.92 Å². The van der Waals surface area contributed by atoms with Crippen molar-refractivity contribution in [3.8, 4) is 0 Å². The Morgan fingerprint density at radius 2 is 1.96 bits per heavy atom. The summed E-state index contributed by atoms with van der Waals surface area (Å²) in [7, 11) is 1.45. The molecule has 8 heteroatoms. The molecule has 1 saturated heterocycles. The van der Waals surface area contributed by atoms with E-state index < -0.39 is 24.4 Å². The van der Waals surface area contributed by atoms with Gasteiger partial charge in [0.25, 0.3) is 5.91 Å². The normalized spacial score (nSPS) is 16.3. The second-order valence-corrected chi connectivity index (χ2v) is 5.95. The predicted molar refractivity (Wildman–Crippen MR) is 94.3 cm³/mol. The Kier molecular flexibility index (Phi) is 6.71. The molecule has 140 valence electrons. The maximum atomic E-state index is 12.3. The van der Waals surface area contributed by atoms with Gasteiger partial charge in [0, 0.05) is 25.7 Å². The van der Waals surface area contributed by atoms with Gasteiger partial charge < -0.3 is 20.3 Å². The number of hydrogen-bond acceptors (Lipinski definition) is 5. The molecule has 2 N–H and O–H groups in total. The minimum Gasteiger partial charge on any atom is -0.455 e. The van der Waals surface area contributed by atoms with E-state index in [2.05, 4.69) is 10.6 Å². The van der Waals surface area contributed by atoms with Gasteiger partial charge in [0.2, 0.25) is 11.8 Å². The van der Waals surface area contributed by atoms with E-state index in [-0.39, 0.29) is 31.3 Å². The fourth-order valence-electron chi connectivity index (χ4n) is 2.74. The summed E-state index contributed by atoms with van der Waals surface area (Å²) in [5.74, 6) is -2.27. The SMILES string of the molecule is CCc1ccccc1N1C[C@@H](C(=O)OCC(=O)NCC(=O)NC)CC1=O. The van der Waals surface area contributed by atoms with E-state index in [0.29, 0.717) is 0 Å². The Hall–Kier alpha value is -2.90. The highest BCUT2D eigenvalue weighted by Gasteiger charge is 2.36. The van der Waals surface area contributed by atoms with Gasteiger partial charge in [-0.2, -0.15) is 0 Å². The molecule has 1 aliphatic heterocycles. The van der Waals surface area contributed by atoms with E-state index in [9.17, 15) is 19.2 Å². The third-order valence-electron chi connectivity index (χ3n) is 4.19. The van der Waals surface area contributed by atoms with Crippen LogP contribution in [0.1, 0.15) is 18.9 Å². The first-order valence-electron chi connectivity index (χ1n) is 8.48. The summed E-state index contributed by atoms with van der Waals surface area (Å²) in [5, 5.41) is 4.69. The number of benzene rings is 1. The number of esters is 1. The number of likely N-dealkylation sites (N-methyl/N-ethyl adjacent to an activating group) is 1. The smallest absolute Gasteiger partial charge is 0.311 e. The molecule has 8 nitrogen and oxygen atoms in total. The molecular weight excluding hydrogens is 338 g/mol. The summed E-state index contributed by atoms with van der Waals surface area (Å²) in [6.45, 7) is 1.57. The number of rotatable bonds is 7. The lowest BCUT2D eigenvalue weighted by Crippen LogP contribution is -2.37. The second kappa shape index (κ2) is 8.98. The van der Waals surface area contributed by atoms with Crippen molar-refractivity contribution in [2.45, 2.75) is 19.8 Å². The highest BCUT2D eigenvalue weighted by molar-refractivity contribution is 6.00. The number of carbonyl (C=O) groups excluding carboxylic acids is 4. The maximum absolute atomic E-state index is 12.3. The summed E-state index contributed by atoms with van der Waals surface area (Å²) in [6, 6.07) is 7.57. The molecule has 0 saturated carbocycles. The molecule has 0 unspecified atom stereocenters. The van der Waals surface area contributed by atoms with Crippen molar-refractivity contribution in [1.82, 2.24) is 10.6 Å². The number of ether oxygens (including phenoxy) is 1. The predicted octanol–water partition coefficient (Wildman–Crippen LogP) is 0.00730. The number of nitrogens with zero attached hydrogens (tertiary/aromatic N) is 1. The fourth-order valence-corrected chi connectivity index (χ4v) is 2.74. The Bertz CT molecular complexity index is 704. The van der Waals surface area contributed by atoms with Gasteiger partial charge in [-0.1, -0.05) is 25.1 Å². The Labute approximate surface area is 151 Å². The molecule has 2 rings (SSSR count). The van der Waals surface area contributed by atoms with E-state index in [1.54, 1.807) is 4.90 Å². The molecule has 0 spiro atoms. The molecule has 0 radical (unpaired) electrons. The topological polar surface area (TPSA) is 105 Å². The number of anilines is 1. The summed E-state index contributed by atoms with van der Waals surface area (Å²) in [4.78, 5) is 48.7. The molecule has 1 aromatic rings. The lowest BCUT2D eigenvalue weighted by atomic mass is 10.1. The van der Waals surface area contributed by atoms with Gasteiger partial charge in [0.1, 0.15) is 0 Å². The molecule has 3 amide bonds. The number of amides is 3. The average Bonchev–Trinajstić information content (AvgIpc) is 3.05. The van der Waals surface area contributed by atoms with Crippen LogP contribution in [-0.4, -0.2) is 50.4 Å². The number of nitrogens with one attached hydrogen (secondary N) is 2. The standard InChI is InChI=1S/C18H23N3O5/c1-3-12-6-4-5-7-14(12)21-10-13(8-17(21)24)18(25)26-11-16(23)20-9-15(22)19-2/h4-7,13H,3,8-11H2,1-2H3,(H,19,22)(H,20,23)/t13-/m0/s1. The van der Waals surface area contributed by atoms with Gasteiger partial charge in [-0.3, -0.25) is 19.2 Å². The molecule has 1 atom stereocenters. The highest BCUT2D eigenvalue weighted by Crippen LogP contribution is 2.28. The van der Waals surface area contributed by atoms with Gasteiger partial charge in [-0.15, -0.1) is 0 Å². The monoisotopic (exact) mass is 361 g/mol. The van der Waals surface area contributed by atoms with Gasteiger partial charge in [-0.25, -0.2) is 0 Å². The van der Waals surface area contributed by atoms with Crippen molar-refractivity contribution in [2.75, 3.05) is 31.6 Å². The van der Waals surface area contributed by atoms with Crippen molar-refractivity contribution in [2.24, 2.45) is 5.92 Å². The molecular formula is C18H23N3O5. The maximum Gasteiger partial charge on any atom is 0.311 e. The Morgan fingerprint density at radius 3 is 2.65 bits per heavy atom. The zero-order valence-electron chi connectivity index (χ0n) is 14.9. The summed E-state index contributed by atoms with van der Waals surface area (Å²) >= 11 is 0. The van der Waals surface area contributed by atoms with E-state index in [0.717, 1.165) is 17.7 Å². The van der Waals surface area contributed by atoms with Crippen LogP contribution in [-0.2, 0) is 30.3 Å². The van der Waals surface area contributed by atoms with Crippen LogP contribution in [0.15, 0.2) is 24.3 Å². The minimum atomic E-state index is -0.612. The van der Waals surface area contributed by atoms with Gasteiger partial charge >= 0.3 is 5.97 Å². The second-order valence-electron chi connectivity index (χ2n) is 5.95. The lowest BCUT2D eigenvalue weighted by molar-refractivity contribution is -0.152. The first kappa shape index (κ1) is 19.4. The number of carbonyl (C=O) groups is 4. The average molecular weight is 361 g/mol. The first-order chi connectivity index (χ1) is 12.5. The molecule has 1 aliphatic rings. The van der Waals surface area contributed by atoms with Crippen molar-refractivity contribution in [3.63, 3.8) is 0 Å². The molecule has 1 aromatic carbocycles. The lowest BCUT2D eigenvalue weighted by Gasteiger charge is -2.19. The quantitative estimate of drug-likeness (QED) is 0.666. The van der Waals surface area contributed by atoms with E-state index in [1.165, 1.54) is 7.05 Å². The minimum absolute atomic E-state index is 0.0523. The number of aryl methyl sites for hydroxylation is 1. The van der Waals surface area contributed by atoms with Crippen LogP contribution in [0.2, 0.25) is 0 Å². The highest BCUT2D eigenvalue weighted by atomic mass is 16.5. The van der Waals surface area contributed by atoms with Gasteiger partial charge in [-0.05, 0) is 18.1 Å². The molecule has 0 aromatic heterocycles. The summed E-state index contributed by atoms with van der Waals surface area (Å²) < 4.78 is 4.98. The van der Waals surface area contributed by atoms with Crippen LogP contribution >= 0.6 is 0 Å².